The average Bonchev–Trinajstić information content (AvgIpc) is 2.38. The third-order valence-corrected chi connectivity index (χ3v) is 3.22. The molecular weight excluding hydrogens is 274 g/mol. The van der Waals surface area contributed by atoms with Crippen molar-refractivity contribution in [2.75, 3.05) is 0 Å². The molecule has 2 N–H and O–H groups in total. The van der Waals surface area contributed by atoms with Gasteiger partial charge in [-0.25, -0.2) is 4.79 Å². The molecule has 0 bridgehead atoms. The van der Waals surface area contributed by atoms with Gasteiger partial charge in [0.15, 0.2) is 0 Å². The fraction of sp³-hybridized carbons (Fsp3) is 0.357. The van der Waals surface area contributed by atoms with E-state index in [1.807, 2.05) is 26.0 Å². The Morgan fingerprint density at radius 3 is 2.50 bits per heavy atom. The van der Waals surface area contributed by atoms with Gasteiger partial charge in [0.25, 0.3) is 0 Å². The van der Waals surface area contributed by atoms with Crippen LogP contribution in [0.1, 0.15) is 37.0 Å². The van der Waals surface area contributed by atoms with Crippen LogP contribution >= 0.6 is 9.24 Å². The van der Waals surface area contributed by atoms with Gasteiger partial charge < -0.3 is 14.8 Å². The van der Waals surface area contributed by atoms with Crippen LogP contribution in [-0.2, 0) is 4.74 Å². The summed E-state index contributed by atoms with van der Waals surface area (Å²) in [7, 11) is 1.01. The molecule has 0 aromatic heterocycles. The van der Waals surface area contributed by atoms with Crippen molar-refractivity contribution < 1.29 is 19.6 Å². The molecule has 108 valence electrons. The number of esters is 1. The molecule has 20 heavy (non-hydrogen) atoms. The zero-order valence-corrected chi connectivity index (χ0v) is 12.9. The molecule has 2 unspecified atom stereocenters. The fourth-order valence-electron chi connectivity index (χ4n) is 1.65. The van der Waals surface area contributed by atoms with Crippen LogP contribution in [-0.4, -0.2) is 28.5 Å². The minimum atomic E-state index is -1.53. The molecule has 0 aliphatic carbocycles. The second-order valence-corrected chi connectivity index (χ2v) is 6.03. The van der Waals surface area contributed by atoms with E-state index in [9.17, 15) is 4.79 Å². The summed E-state index contributed by atoms with van der Waals surface area (Å²) in [5.41, 5.74) is 0.720. The van der Waals surface area contributed by atoms with Crippen LogP contribution in [0, 0.1) is 0 Å². The molecule has 0 amide bonds. The number of allylic oxidation sites excluding steroid dienone is 2. The summed E-state index contributed by atoms with van der Waals surface area (Å²) in [5, 5.41) is 17.4. The van der Waals surface area contributed by atoms with Gasteiger partial charge in [-0.05, 0) is 44.3 Å². The lowest BCUT2D eigenvalue weighted by molar-refractivity contribution is 0.0227. The van der Waals surface area contributed by atoms with Crippen molar-refractivity contribution in [3.05, 3.63) is 42.0 Å². The summed E-state index contributed by atoms with van der Waals surface area (Å²) in [5.74, 6) is -0.429. The van der Waals surface area contributed by atoms with Gasteiger partial charge in [-0.3, -0.25) is 0 Å². The predicted octanol–water partition coefficient (Wildman–Crippen LogP) is 1.47. The second kappa shape index (κ2) is 7.58. The van der Waals surface area contributed by atoms with Crippen molar-refractivity contribution in [3.63, 3.8) is 0 Å². The maximum Gasteiger partial charge on any atom is 0.488 e. The molecular formula is C14H20BO4P. The summed E-state index contributed by atoms with van der Waals surface area (Å²) < 4.78 is 5.44. The Kier molecular flexibility index (Phi) is 6.40. The van der Waals surface area contributed by atoms with E-state index < -0.39 is 18.4 Å². The molecule has 0 radical (unpaired) electrons. The summed E-state index contributed by atoms with van der Waals surface area (Å²) in [6.07, 6.45) is 5.52. The number of hydrogen-bond acceptors (Lipinski definition) is 4. The minimum Gasteiger partial charge on any atom is -0.452 e. The van der Waals surface area contributed by atoms with Gasteiger partial charge in [-0.1, -0.05) is 33.5 Å². The van der Waals surface area contributed by atoms with Gasteiger partial charge in [0, 0.05) is 0 Å². The fourth-order valence-corrected chi connectivity index (χ4v) is 1.92. The zero-order valence-electron chi connectivity index (χ0n) is 11.7. The number of rotatable bonds is 6. The van der Waals surface area contributed by atoms with E-state index in [0.29, 0.717) is 17.4 Å². The maximum atomic E-state index is 12.0. The van der Waals surface area contributed by atoms with E-state index in [2.05, 4.69) is 9.24 Å². The van der Waals surface area contributed by atoms with E-state index in [0.717, 1.165) is 6.42 Å². The first-order valence-electron chi connectivity index (χ1n) is 6.45. The minimum absolute atomic E-state index is 0.336. The maximum absolute atomic E-state index is 12.0. The number of carbonyl (C=O) groups is 1. The Morgan fingerprint density at radius 2 is 2.00 bits per heavy atom. The molecule has 1 aromatic carbocycles. The second-order valence-electron chi connectivity index (χ2n) is 4.81. The van der Waals surface area contributed by atoms with Gasteiger partial charge in [0.2, 0.25) is 0 Å². The van der Waals surface area contributed by atoms with Crippen LogP contribution in [0.2, 0.25) is 0 Å². The lowest BCUT2D eigenvalue weighted by Crippen LogP contribution is -2.30. The van der Waals surface area contributed by atoms with Gasteiger partial charge in [0.05, 0.1) is 5.56 Å². The standard InChI is InChI=1S/C14H20BO4P/c1-3-4-5-10-14(2,20)19-13(16)11-6-8-12(9-7-11)15(17)18/h3-4,6-9,17-18H,5,10,20H2,1-2H3/b4-3+. The van der Waals surface area contributed by atoms with Crippen LogP contribution in [0.5, 0.6) is 0 Å². The molecule has 6 heteroatoms. The molecule has 0 spiro atoms. The largest absolute Gasteiger partial charge is 0.488 e. The highest BCUT2D eigenvalue weighted by molar-refractivity contribution is 7.18. The average molecular weight is 294 g/mol. The Labute approximate surface area is 122 Å². The first-order valence-corrected chi connectivity index (χ1v) is 7.03. The Balaban J connectivity index is 2.65. The summed E-state index contributed by atoms with van der Waals surface area (Å²) in [4.78, 5) is 12.0. The highest BCUT2D eigenvalue weighted by Crippen LogP contribution is 2.27. The topological polar surface area (TPSA) is 66.8 Å². The molecule has 4 nitrogen and oxygen atoms in total. The van der Waals surface area contributed by atoms with Crippen molar-refractivity contribution in [1.82, 2.24) is 0 Å². The van der Waals surface area contributed by atoms with E-state index >= 15 is 0 Å². The van der Waals surface area contributed by atoms with Crippen LogP contribution < -0.4 is 5.46 Å². The quantitative estimate of drug-likeness (QED) is 0.361. The third kappa shape index (κ3) is 5.45. The Hall–Kier alpha value is -1.16. The van der Waals surface area contributed by atoms with Crippen LogP contribution in [0.4, 0.5) is 0 Å². The number of carbonyl (C=O) groups excluding carboxylic acids is 1. The lowest BCUT2D eigenvalue weighted by atomic mass is 9.80. The van der Waals surface area contributed by atoms with E-state index in [1.54, 1.807) is 0 Å². The van der Waals surface area contributed by atoms with Crippen LogP contribution in [0.3, 0.4) is 0 Å². The number of benzene rings is 1. The molecule has 0 aliphatic heterocycles. The van der Waals surface area contributed by atoms with Gasteiger partial charge >= 0.3 is 13.1 Å². The first-order chi connectivity index (χ1) is 9.35. The molecule has 0 saturated heterocycles. The normalized spacial score (nSPS) is 14.1. The Bertz CT molecular complexity index is 469. The monoisotopic (exact) mass is 294 g/mol. The molecule has 0 aliphatic rings. The van der Waals surface area contributed by atoms with E-state index in [-0.39, 0.29) is 0 Å². The van der Waals surface area contributed by atoms with Gasteiger partial charge in [0.1, 0.15) is 5.34 Å². The lowest BCUT2D eigenvalue weighted by Gasteiger charge is -2.24. The molecule has 0 heterocycles. The van der Waals surface area contributed by atoms with E-state index in [1.165, 1.54) is 24.3 Å². The smallest absolute Gasteiger partial charge is 0.452 e. The molecule has 1 aromatic rings. The highest BCUT2D eigenvalue weighted by atomic mass is 31.0. The Morgan fingerprint density at radius 1 is 1.40 bits per heavy atom. The number of hydrogen-bond donors (Lipinski definition) is 2. The summed E-state index contributed by atoms with van der Waals surface area (Å²) in [6, 6.07) is 6.01. The van der Waals surface area contributed by atoms with Gasteiger partial charge in [-0.15, -0.1) is 0 Å². The van der Waals surface area contributed by atoms with E-state index in [4.69, 9.17) is 14.8 Å². The van der Waals surface area contributed by atoms with Crippen molar-refractivity contribution in [2.24, 2.45) is 0 Å². The molecule has 0 saturated carbocycles. The zero-order chi connectivity index (χ0) is 15.2. The first kappa shape index (κ1) is 16.9. The third-order valence-electron chi connectivity index (χ3n) is 2.81. The van der Waals surface area contributed by atoms with Crippen LogP contribution in [0.25, 0.3) is 0 Å². The van der Waals surface area contributed by atoms with Crippen molar-refractivity contribution in [2.45, 2.75) is 32.0 Å². The summed E-state index contributed by atoms with van der Waals surface area (Å²) in [6.45, 7) is 3.79. The molecule has 0 fully saturated rings. The van der Waals surface area contributed by atoms with Gasteiger partial charge in [-0.2, -0.15) is 0 Å². The van der Waals surface area contributed by atoms with Crippen molar-refractivity contribution >= 4 is 27.8 Å². The highest BCUT2D eigenvalue weighted by Gasteiger charge is 2.23. The van der Waals surface area contributed by atoms with Crippen molar-refractivity contribution in [3.8, 4) is 0 Å². The summed E-state index contributed by atoms with van der Waals surface area (Å²) >= 11 is 0. The predicted molar refractivity (Wildman–Crippen MR) is 83.8 cm³/mol. The van der Waals surface area contributed by atoms with Crippen LogP contribution in [0.15, 0.2) is 36.4 Å². The molecule has 2 atom stereocenters. The molecule has 1 rings (SSSR count). The SMILES string of the molecule is C/C=C/CCC(C)(P)OC(=O)c1ccc(B(O)O)cc1. The number of ether oxygens (including phenoxy) is 1. The van der Waals surface area contributed by atoms with Crippen molar-refractivity contribution in [1.29, 1.82) is 0 Å².